The molecular weight excluding hydrogens is 426 g/mol. The highest BCUT2D eigenvalue weighted by Crippen LogP contribution is 2.34. The lowest BCUT2D eigenvalue weighted by molar-refractivity contribution is -0.134. The molecule has 0 amide bonds. The van der Waals surface area contributed by atoms with Gasteiger partial charge in [-0.3, -0.25) is 0 Å². The van der Waals surface area contributed by atoms with Crippen molar-refractivity contribution in [1.82, 2.24) is 5.32 Å². The molecule has 0 aromatic heterocycles. The number of hydrogen-bond acceptors (Lipinski definition) is 6. The van der Waals surface area contributed by atoms with Gasteiger partial charge in [0.1, 0.15) is 24.2 Å². The molecule has 8 nitrogen and oxygen atoms in total. The number of aliphatic hydroxyl groups excluding tert-OH is 1. The van der Waals surface area contributed by atoms with E-state index in [4.69, 9.17) is 19.7 Å². The van der Waals surface area contributed by atoms with E-state index < -0.39 is 18.0 Å². The average Bonchev–Trinajstić information content (AvgIpc) is 2.80. The fourth-order valence-corrected chi connectivity index (χ4v) is 3.15. The Morgan fingerprint density at radius 3 is 2.39 bits per heavy atom. The molecular formula is C25H31NO7. The van der Waals surface area contributed by atoms with E-state index in [1.807, 2.05) is 18.2 Å². The number of benzene rings is 2. The van der Waals surface area contributed by atoms with E-state index in [-0.39, 0.29) is 6.61 Å². The van der Waals surface area contributed by atoms with E-state index in [1.165, 1.54) is 11.1 Å². The summed E-state index contributed by atoms with van der Waals surface area (Å²) in [7, 11) is 0. The van der Waals surface area contributed by atoms with Crippen LogP contribution in [0.4, 0.5) is 0 Å². The van der Waals surface area contributed by atoms with Gasteiger partial charge >= 0.3 is 11.9 Å². The van der Waals surface area contributed by atoms with Crippen molar-refractivity contribution in [2.24, 2.45) is 0 Å². The van der Waals surface area contributed by atoms with Crippen molar-refractivity contribution < 1.29 is 34.4 Å². The molecule has 0 saturated heterocycles. The molecule has 2 atom stereocenters. The maximum absolute atomic E-state index is 9.94. The van der Waals surface area contributed by atoms with Crippen LogP contribution in [0, 0.1) is 0 Å². The summed E-state index contributed by atoms with van der Waals surface area (Å²) in [6.45, 7) is 5.58. The van der Waals surface area contributed by atoms with Crippen molar-refractivity contribution in [2.75, 3.05) is 19.8 Å². The number of rotatable bonds is 9. The molecule has 2 aromatic rings. The Hall–Kier alpha value is -3.36. The molecule has 33 heavy (non-hydrogen) atoms. The van der Waals surface area contributed by atoms with Crippen molar-refractivity contribution in [2.45, 2.75) is 38.3 Å². The van der Waals surface area contributed by atoms with Crippen LogP contribution in [-0.4, -0.2) is 59.2 Å². The Balaban J connectivity index is 0.000000414. The normalized spacial score (nSPS) is 15.7. The zero-order chi connectivity index (χ0) is 24.2. The number of aliphatic carboxylic acids is 2. The third-order valence-corrected chi connectivity index (χ3v) is 4.79. The van der Waals surface area contributed by atoms with Crippen LogP contribution >= 0.6 is 0 Å². The Labute approximate surface area is 193 Å². The highest BCUT2D eigenvalue weighted by Gasteiger charge is 2.21. The van der Waals surface area contributed by atoms with Crippen LogP contribution in [0.5, 0.6) is 11.5 Å². The molecule has 0 radical (unpaired) electrons. The molecule has 0 bridgehead atoms. The quantitative estimate of drug-likeness (QED) is 0.424. The third-order valence-electron chi connectivity index (χ3n) is 4.79. The van der Waals surface area contributed by atoms with Gasteiger partial charge in [0.25, 0.3) is 0 Å². The van der Waals surface area contributed by atoms with Gasteiger partial charge in [-0.05, 0) is 23.6 Å². The summed E-state index contributed by atoms with van der Waals surface area (Å²) in [6.07, 6.45) is 1.56. The summed E-state index contributed by atoms with van der Waals surface area (Å²) in [4.78, 5) is 19.1. The smallest absolute Gasteiger partial charge is 0.328 e. The van der Waals surface area contributed by atoms with Gasteiger partial charge < -0.3 is 30.1 Å². The first-order valence-electron chi connectivity index (χ1n) is 10.7. The maximum atomic E-state index is 9.94. The predicted octanol–water partition coefficient (Wildman–Crippen LogP) is 2.85. The molecule has 3 rings (SSSR count). The highest BCUT2D eigenvalue weighted by molar-refractivity contribution is 5.89. The fraction of sp³-hybridized carbons (Fsp3) is 0.360. The van der Waals surface area contributed by atoms with Gasteiger partial charge in [-0.1, -0.05) is 50.2 Å². The fourth-order valence-electron chi connectivity index (χ4n) is 3.15. The van der Waals surface area contributed by atoms with Gasteiger partial charge in [-0.2, -0.15) is 0 Å². The van der Waals surface area contributed by atoms with E-state index in [1.54, 1.807) is 0 Å². The number of carboxylic acids is 2. The van der Waals surface area contributed by atoms with Gasteiger partial charge in [0.2, 0.25) is 0 Å². The molecule has 2 aromatic carbocycles. The van der Waals surface area contributed by atoms with Crippen LogP contribution in [0.2, 0.25) is 0 Å². The van der Waals surface area contributed by atoms with E-state index in [9.17, 15) is 14.7 Å². The number of nitrogens with one attached hydrogen (secondary N) is 1. The van der Waals surface area contributed by atoms with Crippen molar-refractivity contribution in [3.8, 4) is 11.5 Å². The van der Waals surface area contributed by atoms with Gasteiger partial charge in [-0.15, -0.1) is 0 Å². The van der Waals surface area contributed by atoms with Crippen LogP contribution in [0.15, 0.2) is 60.7 Å². The van der Waals surface area contributed by atoms with Crippen LogP contribution < -0.4 is 14.8 Å². The number of hydrogen-bond donors (Lipinski definition) is 4. The first-order valence-corrected chi connectivity index (χ1v) is 10.7. The van der Waals surface area contributed by atoms with Crippen LogP contribution in [0.3, 0.4) is 0 Å². The molecule has 1 heterocycles. The minimum absolute atomic E-state index is 0.269. The molecule has 178 valence electrons. The molecule has 8 heteroatoms. The minimum atomic E-state index is -1.26. The molecule has 1 aliphatic rings. The lowest BCUT2D eigenvalue weighted by Gasteiger charge is -2.26. The SMILES string of the molecule is CC(C)NCC(O)COc1ccc2c(c1)OCC(c1ccccc1)C2.O=C(O)C=CC(=O)O. The molecule has 0 fully saturated rings. The zero-order valence-electron chi connectivity index (χ0n) is 18.8. The Morgan fingerprint density at radius 1 is 1.12 bits per heavy atom. The summed E-state index contributed by atoms with van der Waals surface area (Å²) >= 11 is 0. The molecule has 0 saturated carbocycles. The number of aliphatic hydroxyl groups is 1. The number of fused-ring (bicyclic) bond motifs is 1. The Morgan fingerprint density at radius 2 is 1.79 bits per heavy atom. The first kappa shape index (κ1) is 25.9. The summed E-state index contributed by atoms with van der Waals surface area (Å²) in [5.41, 5.74) is 2.52. The standard InChI is InChI=1S/C21H27NO3.C4H4O4/c1-15(2)22-12-19(23)14-24-20-9-8-17-10-18(13-25-21(17)11-20)16-6-4-3-5-7-16;5-3(6)1-2-4(7)8/h3-9,11,15,18-19,22-23H,10,12-14H2,1-2H3;1-2H,(H,5,6)(H,7,8). The molecule has 0 aliphatic carbocycles. The second-order valence-corrected chi connectivity index (χ2v) is 7.93. The summed E-state index contributed by atoms with van der Waals surface area (Å²) in [6, 6.07) is 16.8. The lowest BCUT2D eigenvalue weighted by Crippen LogP contribution is -2.35. The summed E-state index contributed by atoms with van der Waals surface area (Å²) in [5, 5.41) is 28.8. The Bertz CT molecular complexity index is 912. The van der Waals surface area contributed by atoms with Gasteiger partial charge in [-0.25, -0.2) is 9.59 Å². The van der Waals surface area contributed by atoms with Crippen molar-refractivity contribution in [1.29, 1.82) is 0 Å². The van der Waals surface area contributed by atoms with E-state index in [0.29, 0.717) is 37.3 Å². The minimum Gasteiger partial charge on any atom is -0.493 e. The van der Waals surface area contributed by atoms with Gasteiger partial charge in [0.05, 0.1) is 6.61 Å². The van der Waals surface area contributed by atoms with E-state index in [0.717, 1.165) is 17.9 Å². The molecule has 0 spiro atoms. The van der Waals surface area contributed by atoms with Gasteiger partial charge in [0, 0.05) is 36.7 Å². The number of carboxylic acid groups (broad SMARTS) is 2. The number of ether oxygens (including phenoxy) is 2. The first-order chi connectivity index (χ1) is 15.7. The van der Waals surface area contributed by atoms with Crippen LogP contribution in [-0.2, 0) is 16.0 Å². The summed E-state index contributed by atoms with van der Waals surface area (Å²) < 4.78 is 11.7. The molecule has 2 unspecified atom stereocenters. The van der Waals surface area contributed by atoms with Gasteiger partial charge in [0.15, 0.2) is 0 Å². The average molecular weight is 458 g/mol. The maximum Gasteiger partial charge on any atom is 0.328 e. The van der Waals surface area contributed by atoms with Crippen molar-refractivity contribution >= 4 is 11.9 Å². The van der Waals surface area contributed by atoms with E-state index in [2.05, 4.69) is 49.5 Å². The second kappa shape index (κ2) is 13.2. The molecule has 4 N–H and O–H groups in total. The summed E-state index contributed by atoms with van der Waals surface area (Å²) in [5.74, 6) is -0.496. The number of carbonyl (C=O) groups is 2. The topological polar surface area (TPSA) is 125 Å². The highest BCUT2D eigenvalue weighted by atomic mass is 16.5. The largest absolute Gasteiger partial charge is 0.493 e. The van der Waals surface area contributed by atoms with E-state index >= 15 is 0 Å². The van der Waals surface area contributed by atoms with Crippen LogP contribution in [0.1, 0.15) is 30.9 Å². The monoisotopic (exact) mass is 457 g/mol. The van der Waals surface area contributed by atoms with Crippen LogP contribution in [0.25, 0.3) is 0 Å². The molecule has 1 aliphatic heterocycles. The Kier molecular flexibility index (Phi) is 10.4. The van der Waals surface area contributed by atoms with Crippen molar-refractivity contribution in [3.05, 3.63) is 71.8 Å². The predicted molar refractivity (Wildman–Crippen MR) is 124 cm³/mol. The second-order valence-electron chi connectivity index (χ2n) is 7.93. The third kappa shape index (κ3) is 9.76. The lowest BCUT2D eigenvalue weighted by atomic mass is 9.90. The van der Waals surface area contributed by atoms with Crippen molar-refractivity contribution in [3.63, 3.8) is 0 Å². The zero-order valence-corrected chi connectivity index (χ0v) is 18.8.